The molecular formula is C18H20N2O3S. The van der Waals surface area contributed by atoms with Gasteiger partial charge in [0.05, 0.1) is 4.90 Å². The predicted molar refractivity (Wildman–Crippen MR) is 92.1 cm³/mol. The second kappa shape index (κ2) is 6.75. The minimum absolute atomic E-state index is 0.164. The highest BCUT2D eigenvalue weighted by Gasteiger charge is 2.35. The van der Waals surface area contributed by atoms with Gasteiger partial charge in [-0.05, 0) is 48.6 Å². The average Bonchev–Trinajstić information content (AvgIpc) is 3.45. The lowest BCUT2D eigenvalue weighted by Gasteiger charge is -2.19. The van der Waals surface area contributed by atoms with Crippen LogP contribution in [0.5, 0.6) is 0 Å². The van der Waals surface area contributed by atoms with Crippen molar-refractivity contribution in [2.45, 2.75) is 23.8 Å². The Morgan fingerprint density at radius 2 is 1.67 bits per heavy atom. The fourth-order valence-corrected chi connectivity index (χ4v) is 3.98. The number of carbonyl (C=O) groups excluding carboxylic acids is 1. The van der Waals surface area contributed by atoms with Crippen LogP contribution in [-0.4, -0.2) is 21.4 Å². The second-order valence-electron chi connectivity index (χ2n) is 5.95. The van der Waals surface area contributed by atoms with Gasteiger partial charge in [-0.2, -0.15) is 0 Å². The van der Waals surface area contributed by atoms with E-state index in [1.807, 2.05) is 30.3 Å². The summed E-state index contributed by atoms with van der Waals surface area (Å²) in [6.07, 6.45) is 2.05. The Morgan fingerprint density at radius 1 is 1.04 bits per heavy atom. The van der Waals surface area contributed by atoms with Crippen LogP contribution >= 0.6 is 0 Å². The molecule has 0 radical (unpaired) electrons. The number of hydrogen-bond acceptors (Lipinski definition) is 3. The molecule has 2 aromatic carbocycles. The molecule has 0 aromatic heterocycles. The van der Waals surface area contributed by atoms with Crippen molar-refractivity contribution in [1.29, 1.82) is 0 Å². The minimum atomic E-state index is -3.64. The molecule has 1 unspecified atom stereocenters. The summed E-state index contributed by atoms with van der Waals surface area (Å²) >= 11 is 0. The summed E-state index contributed by atoms with van der Waals surface area (Å²) in [6, 6.07) is 15.4. The zero-order chi connectivity index (χ0) is 17.2. The lowest BCUT2D eigenvalue weighted by atomic mass is 10.0. The van der Waals surface area contributed by atoms with Crippen molar-refractivity contribution in [2.24, 2.45) is 5.92 Å². The van der Waals surface area contributed by atoms with E-state index in [-0.39, 0.29) is 16.8 Å². The minimum Gasteiger partial charge on any atom is -0.355 e. The van der Waals surface area contributed by atoms with Gasteiger partial charge in [0.15, 0.2) is 0 Å². The van der Waals surface area contributed by atoms with Crippen LogP contribution in [0.25, 0.3) is 0 Å². The Kier molecular flexibility index (Phi) is 4.69. The monoisotopic (exact) mass is 344 g/mol. The third kappa shape index (κ3) is 3.66. The topological polar surface area (TPSA) is 75.3 Å². The summed E-state index contributed by atoms with van der Waals surface area (Å²) in [6.45, 7) is 0. The normalized spacial score (nSPS) is 15.7. The van der Waals surface area contributed by atoms with Crippen LogP contribution in [-0.2, 0) is 10.0 Å². The van der Waals surface area contributed by atoms with E-state index in [9.17, 15) is 13.2 Å². The first-order chi connectivity index (χ1) is 11.5. The SMILES string of the molecule is CNC(=O)c1ccc(S(=O)(=O)NC(c2ccccc2)C2CC2)cc1. The largest absolute Gasteiger partial charge is 0.355 e. The highest BCUT2D eigenvalue weighted by Crippen LogP contribution is 2.41. The number of sulfonamides is 1. The molecule has 2 N–H and O–H groups in total. The summed E-state index contributed by atoms with van der Waals surface area (Å²) in [5.41, 5.74) is 1.41. The average molecular weight is 344 g/mol. The molecule has 3 rings (SSSR count). The zero-order valence-corrected chi connectivity index (χ0v) is 14.2. The van der Waals surface area contributed by atoms with Gasteiger partial charge in [0.1, 0.15) is 0 Å². The van der Waals surface area contributed by atoms with Gasteiger partial charge < -0.3 is 5.32 Å². The summed E-state index contributed by atoms with van der Waals surface area (Å²) < 4.78 is 28.2. The maximum Gasteiger partial charge on any atom is 0.251 e. The molecule has 1 saturated carbocycles. The Hall–Kier alpha value is -2.18. The molecule has 2 aromatic rings. The third-order valence-corrected chi connectivity index (χ3v) is 5.65. The first-order valence-electron chi connectivity index (χ1n) is 7.90. The van der Waals surface area contributed by atoms with Gasteiger partial charge in [0.2, 0.25) is 10.0 Å². The Bertz CT molecular complexity index is 813. The van der Waals surface area contributed by atoms with Gasteiger partial charge in [0.25, 0.3) is 5.91 Å². The van der Waals surface area contributed by atoms with Gasteiger partial charge in [-0.1, -0.05) is 30.3 Å². The molecule has 1 amide bonds. The molecule has 5 nitrogen and oxygen atoms in total. The molecular weight excluding hydrogens is 324 g/mol. The van der Waals surface area contributed by atoms with E-state index in [1.54, 1.807) is 0 Å². The van der Waals surface area contributed by atoms with Crippen molar-refractivity contribution in [3.63, 3.8) is 0 Å². The van der Waals surface area contributed by atoms with Crippen LogP contribution in [0.15, 0.2) is 59.5 Å². The quantitative estimate of drug-likeness (QED) is 0.845. The van der Waals surface area contributed by atoms with E-state index < -0.39 is 10.0 Å². The predicted octanol–water partition coefficient (Wildman–Crippen LogP) is 2.48. The van der Waals surface area contributed by atoms with E-state index >= 15 is 0 Å². The van der Waals surface area contributed by atoms with E-state index in [0.717, 1.165) is 18.4 Å². The Balaban J connectivity index is 1.83. The Labute approximate surface area is 142 Å². The van der Waals surface area contributed by atoms with Crippen molar-refractivity contribution in [1.82, 2.24) is 10.0 Å². The number of hydrogen-bond donors (Lipinski definition) is 2. The van der Waals surface area contributed by atoms with Gasteiger partial charge in [-0.15, -0.1) is 0 Å². The highest BCUT2D eigenvalue weighted by molar-refractivity contribution is 7.89. The van der Waals surface area contributed by atoms with E-state index in [4.69, 9.17) is 0 Å². The first-order valence-corrected chi connectivity index (χ1v) is 9.39. The molecule has 0 bridgehead atoms. The summed E-state index contributed by atoms with van der Waals surface area (Å²) in [5, 5.41) is 2.51. The van der Waals surface area contributed by atoms with E-state index in [0.29, 0.717) is 11.5 Å². The van der Waals surface area contributed by atoms with Crippen LogP contribution in [0.2, 0.25) is 0 Å². The Morgan fingerprint density at radius 3 is 2.21 bits per heavy atom. The number of carbonyl (C=O) groups is 1. The molecule has 1 fully saturated rings. The number of benzene rings is 2. The van der Waals surface area contributed by atoms with Crippen molar-refractivity contribution in [3.8, 4) is 0 Å². The van der Waals surface area contributed by atoms with Crippen molar-refractivity contribution >= 4 is 15.9 Å². The van der Waals surface area contributed by atoms with Gasteiger partial charge in [-0.25, -0.2) is 13.1 Å². The zero-order valence-electron chi connectivity index (χ0n) is 13.4. The molecule has 1 atom stereocenters. The van der Waals surface area contributed by atoms with Crippen molar-refractivity contribution < 1.29 is 13.2 Å². The molecule has 6 heteroatoms. The van der Waals surface area contributed by atoms with Crippen molar-refractivity contribution in [3.05, 3.63) is 65.7 Å². The van der Waals surface area contributed by atoms with Gasteiger partial charge in [0, 0.05) is 18.7 Å². The molecule has 0 aliphatic heterocycles. The number of rotatable bonds is 6. The fourth-order valence-electron chi connectivity index (χ4n) is 2.69. The maximum atomic E-state index is 12.7. The molecule has 0 heterocycles. The van der Waals surface area contributed by atoms with Crippen LogP contribution in [0, 0.1) is 5.92 Å². The molecule has 126 valence electrons. The number of amides is 1. The van der Waals surface area contributed by atoms with E-state index in [1.165, 1.54) is 31.3 Å². The number of nitrogens with one attached hydrogen (secondary N) is 2. The maximum absolute atomic E-state index is 12.7. The molecule has 0 saturated heterocycles. The van der Waals surface area contributed by atoms with Crippen molar-refractivity contribution in [2.75, 3.05) is 7.05 Å². The lowest BCUT2D eigenvalue weighted by molar-refractivity contribution is 0.0963. The standard InChI is InChI=1S/C18H20N2O3S/c1-19-18(21)15-9-11-16(12-10-15)24(22,23)20-17(14-7-8-14)13-5-3-2-4-6-13/h2-6,9-12,14,17,20H,7-8H2,1H3,(H,19,21). The van der Waals surface area contributed by atoms with Crippen LogP contribution in [0.1, 0.15) is 34.8 Å². The van der Waals surface area contributed by atoms with Gasteiger partial charge in [-0.3, -0.25) is 4.79 Å². The van der Waals surface area contributed by atoms with Crippen LogP contribution < -0.4 is 10.0 Å². The van der Waals surface area contributed by atoms with E-state index in [2.05, 4.69) is 10.0 Å². The second-order valence-corrected chi connectivity index (χ2v) is 7.66. The highest BCUT2D eigenvalue weighted by atomic mass is 32.2. The molecule has 1 aliphatic carbocycles. The smallest absolute Gasteiger partial charge is 0.251 e. The summed E-state index contributed by atoms with van der Waals surface area (Å²) in [7, 11) is -2.11. The first kappa shape index (κ1) is 16.7. The molecule has 0 spiro atoms. The summed E-state index contributed by atoms with van der Waals surface area (Å²) in [5.74, 6) is 0.0966. The fraction of sp³-hybridized carbons (Fsp3) is 0.278. The molecule has 1 aliphatic rings. The molecule has 24 heavy (non-hydrogen) atoms. The van der Waals surface area contributed by atoms with Crippen LogP contribution in [0.3, 0.4) is 0 Å². The van der Waals surface area contributed by atoms with Crippen LogP contribution in [0.4, 0.5) is 0 Å². The third-order valence-electron chi connectivity index (χ3n) is 4.19. The summed E-state index contributed by atoms with van der Waals surface area (Å²) in [4.78, 5) is 11.7. The van der Waals surface area contributed by atoms with Gasteiger partial charge >= 0.3 is 0 Å². The lowest BCUT2D eigenvalue weighted by Crippen LogP contribution is -2.30.